The van der Waals surface area contributed by atoms with Crippen molar-refractivity contribution >= 4 is 29.1 Å². The number of hydrogen-bond donors (Lipinski definition) is 2. The summed E-state index contributed by atoms with van der Waals surface area (Å²) < 4.78 is 0. The van der Waals surface area contributed by atoms with Crippen molar-refractivity contribution in [3.05, 3.63) is 12.4 Å². The van der Waals surface area contributed by atoms with Gasteiger partial charge in [0.15, 0.2) is 0 Å². The van der Waals surface area contributed by atoms with Gasteiger partial charge in [-0.25, -0.2) is 9.97 Å². The molecule has 0 saturated heterocycles. The van der Waals surface area contributed by atoms with Gasteiger partial charge in [-0.1, -0.05) is 0 Å². The molecule has 0 unspecified atom stereocenters. The predicted octanol–water partition coefficient (Wildman–Crippen LogP) is 0.236. The smallest absolute Gasteiger partial charge is 0.240 e. The number of rotatable bonds is 2. The van der Waals surface area contributed by atoms with Crippen LogP contribution in [0.2, 0.25) is 0 Å². The third kappa shape index (κ3) is 2.35. The predicted molar refractivity (Wildman–Crippen MR) is 45.8 cm³/mol. The minimum atomic E-state index is -0.324. The second-order valence-electron chi connectivity index (χ2n) is 2.01. The zero-order chi connectivity index (χ0) is 8.97. The highest BCUT2D eigenvalue weighted by atomic mass is 35.5. The molecule has 0 aromatic carbocycles. The van der Waals surface area contributed by atoms with Crippen LogP contribution in [0.5, 0.6) is 0 Å². The van der Waals surface area contributed by atoms with Crippen molar-refractivity contribution in [2.75, 3.05) is 16.9 Å². The summed E-state index contributed by atoms with van der Waals surface area (Å²) in [4.78, 5) is 18.1. The number of nitrogens with one attached hydrogen (secondary N) is 1. The lowest BCUT2D eigenvalue weighted by atomic mass is 10.5. The maximum Gasteiger partial charge on any atom is 0.240 e. The second-order valence-corrected chi connectivity index (χ2v) is 2.28. The number of carbonyl (C=O) groups excluding carboxylic acids is 1. The van der Waals surface area contributed by atoms with E-state index in [-0.39, 0.29) is 11.8 Å². The highest BCUT2D eigenvalue weighted by Gasteiger charge is 2.00. The Morgan fingerprint density at radius 2 is 2.42 bits per heavy atom. The number of nitrogen functional groups attached to an aromatic ring is 1. The van der Waals surface area contributed by atoms with E-state index < -0.39 is 0 Å². The zero-order valence-electron chi connectivity index (χ0n) is 6.12. The molecule has 3 N–H and O–H groups in total. The Kier molecular flexibility index (Phi) is 2.82. The number of nitrogens with two attached hydrogens (primary N) is 1. The molecule has 0 radical (unpaired) electrons. The maximum atomic E-state index is 10.7. The van der Waals surface area contributed by atoms with Gasteiger partial charge in [0.05, 0.1) is 0 Å². The van der Waals surface area contributed by atoms with Gasteiger partial charge in [-0.2, -0.15) is 0 Å². The first-order chi connectivity index (χ1) is 5.72. The van der Waals surface area contributed by atoms with Gasteiger partial charge < -0.3 is 11.1 Å². The molecule has 0 saturated carbocycles. The summed E-state index contributed by atoms with van der Waals surface area (Å²) in [6, 6.07) is 1.45. The summed E-state index contributed by atoms with van der Waals surface area (Å²) in [5.41, 5.74) is 5.34. The molecule has 0 bridgehead atoms. The lowest BCUT2D eigenvalue weighted by Crippen LogP contribution is -2.13. The molecule has 0 aliphatic carbocycles. The van der Waals surface area contributed by atoms with E-state index in [1.54, 1.807) is 0 Å². The largest absolute Gasteiger partial charge is 0.384 e. The van der Waals surface area contributed by atoms with Gasteiger partial charge in [0.2, 0.25) is 5.91 Å². The van der Waals surface area contributed by atoms with Crippen LogP contribution in [-0.2, 0) is 4.79 Å². The Hall–Kier alpha value is -1.36. The van der Waals surface area contributed by atoms with E-state index in [0.29, 0.717) is 11.6 Å². The van der Waals surface area contributed by atoms with Crippen LogP contribution in [0.1, 0.15) is 0 Å². The molecular formula is C6H7ClN4O. The van der Waals surface area contributed by atoms with Crippen LogP contribution in [0.4, 0.5) is 11.6 Å². The average Bonchev–Trinajstić information content (AvgIpc) is 2.04. The summed E-state index contributed by atoms with van der Waals surface area (Å²) >= 11 is 5.25. The number of amides is 1. The molecule has 0 atom stereocenters. The number of carbonyl (C=O) groups is 1. The molecule has 0 fully saturated rings. The molecule has 12 heavy (non-hydrogen) atoms. The van der Waals surface area contributed by atoms with Crippen LogP contribution in [-0.4, -0.2) is 21.8 Å². The Morgan fingerprint density at radius 1 is 1.67 bits per heavy atom. The first-order valence-corrected chi connectivity index (χ1v) is 3.69. The number of hydrogen-bond acceptors (Lipinski definition) is 4. The minimum absolute atomic E-state index is 0.107. The van der Waals surface area contributed by atoms with Gasteiger partial charge in [0.1, 0.15) is 23.8 Å². The molecule has 1 heterocycles. The summed E-state index contributed by atoms with van der Waals surface area (Å²) in [6.45, 7) is 0. The van der Waals surface area contributed by atoms with Gasteiger partial charge in [0, 0.05) is 6.07 Å². The normalized spacial score (nSPS) is 9.42. The number of alkyl halides is 1. The van der Waals surface area contributed by atoms with E-state index >= 15 is 0 Å². The van der Waals surface area contributed by atoms with Crippen molar-refractivity contribution in [3.8, 4) is 0 Å². The lowest BCUT2D eigenvalue weighted by Gasteiger charge is -2.00. The Morgan fingerprint density at radius 3 is 3.00 bits per heavy atom. The Balaban J connectivity index is 2.69. The summed E-state index contributed by atoms with van der Waals surface area (Å²) in [6.07, 6.45) is 1.26. The van der Waals surface area contributed by atoms with Gasteiger partial charge in [-0.05, 0) is 0 Å². The summed E-state index contributed by atoms with van der Waals surface area (Å²) in [7, 11) is 0. The van der Waals surface area contributed by atoms with Crippen molar-refractivity contribution in [2.45, 2.75) is 0 Å². The van der Waals surface area contributed by atoms with Crippen LogP contribution in [0, 0.1) is 0 Å². The number of nitrogens with zero attached hydrogens (tertiary/aromatic N) is 2. The van der Waals surface area contributed by atoms with Gasteiger partial charge in [0.25, 0.3) is 0 Å². The van der Waals surface area contributed by atoms with Crippen molar-refractivity contribution in [2.24, 2.45) is 0 Å². The topological polar surface area (TPSA) is 80.9 Å². The first kappa shape index (κ1) is 8.73. The molecule has 1 aromatic rings. The number of halogens is 1. The van der Waals surface area contributed by atoms with E-state index in [2.05, 4.69) is 15.3 Å². The number of aromatic nitrogens is 2. The molecule has 0 spiro atoms. The van der Waals surface area contributed by atoms with Crippen LogP contribution in [0.3, 0.4) is 0 Å². The first-order valence-electron chi connectivity index (χ1n) is 3.15. The summed E-state index contributed by atoms with van der Waals surface area (Å²) in [5.74, 6) is 0.224. The molecule has 5 nitrogen and oxygen atoms in total. The van der Waals surface area contributed by atoms with E-state index in [4.69, 9.17) is 17.3 Å². The highest BCUT2D eigenvalue weighted by molar-refractivity contribution is 6.29. The average molecular weight is 187 g/mol. The van der Waals surface area contributed by atoms with E-state index in [1.165, 1.54) is 12.4 Å². The second kappa shape index (κ2) is 3.87. The molecule has 64 valence electrons. The standard InChI is InChI=1S/C6H7ClN4O/c7-2-6(12)11-5-1-4(8)9-3-10-5/h1,3H,2H2,(H3,8,9,10,11,12). The molecule has 0 aliphatic heterocycles. The zero-order valence-corrected chi connectivity index (χ0v) is 6.88. The Bertz CT molecular complexity index is 291. The molecule has 0 aliphatic rings. The van der Waals surface area contributed by atoms with Crippen molar-refractivity contribution in [1.82, 2.24) is 9.97 Å². The fourth-order valence-corrected chi connectivity index (χ4v) is 0.684. The third-order valence-corrected chi connectivity index (χ3v) is 1.32. The van der Waals surface area contributed by atoms with Gasteiger partial charge >= 0.3 is 0 Å². The molecule has 1 aromatic heterocycles. The van der Waals surface area contributed by atoms with Gasteiger partial charge in [-0.15, -0.1) is 11.6 Å². The number of anilines is 2. The lowest BCUT2D eigenvalue weighted by molar-refractivity contribution is -0.113. The third-order valence-electron chi connectivity index (χ3n) is 1.08. The molecule has 1 amide bonds. The van der Waals surface area contributed by atoms with Crippen LogP contribution < -0.4 is 11.1 Å². The molecule has 1 rings (SSSR count). The minimum Gasteiger partial charge on any atom is -0.384 e. The van der Waals surface area contributed by atoms with Crippen molar-refractivity contribution in [3.63, 3.8) is 0 Å². The fourth-order valence-electron chi connectivity index (χ4n) is 0.617. The van der Waals surface area contributed by atoms with Crippen LogP contribution in [0.15, 0.2) is 12.4 Å². The SMILES string of the molecule is Nc1cc(NC(=O)CCl)ncn1. The fraction of sp³-hybridized carbons (Fsp3) is 0.167. The van der Waals surface area contributed by atoms with Crippen molar-refractivity contribution in [1.29, 1.82) is 0 Å². The van der Waals surface area contributed by atoms with Crippen LogP contribution >= 0.6 is 11.6 Å². The van der Waals surface area contributed by atoms with Gasteiger partial charge in [-0.3, -0.25) is 4.79 Å². The van der Waals surface area contributed by atoms with Crippen molar-refractivity contribution < 1.29 is 4.79 Å². The highest BCUT2D eigenvalue weighted by Crippen LogP contribution is 2.04. The molecular weight excluding hydrogens is 180 g/mol. The molecule has 6 heteroatoms. The Labute approximate surface area is 74.0 Å². The van der Waals surface area contributed by atoms with E-state index in [0.717, 1.165) is 0 Å². The monoisotopic (exact) mass is 186 g/mol. The van der Waals surface area contributed by atoms with E-state index in [1.807, 2.05) is 0 Å². The summed E-state index contributed by atoms with van der Waals surface area (Å²) in [5, 5.41) is 2.43. The van der Waals surface area contributed by atoms with Crippen LogP contribution in [0.25, 0.3) is 0 Å². The maximum absolute atomic E-state index is 10.7. The quantitative estimate of drug-likeness (QED) is 0.649. The van der Waals surface area contributed by atoms with E-state index in [9.17, 15) is 4.79 Å².